The fraction of sp³-hybridized carbons (Fsp3) is 0.385. The number of hydrogen-bond acceptors (Lipinski definition) is 5. The van der Waals surface area contributed by atoms with Gasteiger partial charge < -0.3 is 14.5 Å². The summed E-state index contributed by atoms with van der Waals surface area (Å²) in [6.45, 7) is 9.84. The zero-order valence-electron chi connectivity index (χ0n) is 19.2. The van der Waals surface area contributed by atoms with Gasteiger partial charge in [0.05, 0.1) is 24.6 Å². The molecule has 0 saturated carbocycles. The molecule has 174 valence electrons. The summed E-state index contributed by atoms with van der Waals surface area (Å²) < 4.78 is 11.2. The van der Waals surface area contributed by atoms with Crippen molar-refractivity contribution in [3.8, 4) is 0 Å². The molecule has 0 radical (unpaired) electrons. The largest absolute Gasteiger partial charge is 0.451 e. The predicted octanol–water partition coefficient (Wildman–Crippen LogP) is 4.55. The molecule has 0 bridgehead atoms. The molecule has 1 amide bonds. The Morgan fingerprint density at radius 1 is 1.09 bits per heavy atom. The van der Waals surface area contributed by atoms with Crippen LogP contribution in [0.5, 0.6) is 0 Å². The molecule has 2 heterocycles. The highest BCUT2D eigenvalue weighted by Crippen LogP contribution is 2.27. The smallest absolute Gasteiger partial charge is 0.287 e. The number of nitrogens with one attached hydrogen (secondary N) is 1. The molecule has 1 aromatic heterocycles. The van der Waals surface area contributed by atoms with Crippen LogP contribution in [-0.2, 0) is 10.2 Å². The maximum Gasteiger partial charge on any atom is 0.287 e. The quantitative estimate of drug-likeness (QED) is 0.595. The number of carbonyl (C=O) groups excluding carboxylic acids is 1. The van der Waals surface area contributed by atoms with Crippen molar-refractivity contribution in [2.45, 2.75) is 32.2 Å². The number of morpholine rings is 1. The van der Waals surface area contributed by atoms with Gasteiger partial charge in [-0.3, -0.25) is 14.5 Å². The second-order valence-electron chi connectivity index (χ2n) is 9.36. The molecule has 1 atom stereocenters. The van der Waals surface area contributed by atoms with Gasteiger partial charge in [-0.15, -0.1) is 0 Å². The summed E-state index contributed by atoms with van der Waals surface area (Å²) in [5.74, 6) is -0.438. The van der Waals surface area contributed by atoms with Crippen LogP contribution in [0.2, 0.25) is 5.02 Å². The van der Waals surface area contributed by atoms with E-state index in [1.54, 1.807) is 18.2 Å². The monoisotopic (exact) mass is 468 g/mol. The summed E-state index contributed by atoms with van der Waals surface area (Å²) in [6.07, 6.45) is 0. The van der Waals surface area contributed by atoms with Crippen LogP contribution in [0.3, 0.4) is 0 Å². The topological polar surface area (TPSA) is 71.8 Å². The van der Waals surface area contributed by atoms with Crippen molar-refractivity contribution in [3.05, 3.63) is 80.7 Å². The molecule has 6 nitrogen and oxygen atoms in total. The molecule has 7 heteroatoms. The van der Waals surface area contributed by atoms with Gasteiger partial charge in [0.1, 0.15) is 5.58 Å². The minimum Gasteiger partial charge on any atom is -0.451 e. The van der Waals surface area contributed by atoms with Crippen LogP contribution < -0.4 is 10.7 Å². The minimum absolute atomic E-state index is 0.0152. The first-order valence-electron chi connectivity index (χ1n) is 11.2. The Bertz CT molecular complexity index is 1190. The highest BCUT2D eigenvalue weighted by molar-refractivity contribution is 6.31. The van der Waals surface area contributed by atoms with Gasteiger partial charge in [-0.25, -0.2) is 0 Å². The van der Waals surface area contributed by atoms with E-state index < -0.39 is 5.91 Å². The van der Waals surface area contributed by atoms with E-state index in [-0.39, 0.29) is 22.6 Å². The third-order valence-electron chi connectivity index (χ3n) is 6.02. The molecule has 1 N–H and O–H groups in total. The van der Waals surface area contributed by atoms with Crippen molar-refractivity contribution >= 4 is 28.5 Å². The fourth-order valence-electron chi connectivity index (χ4n) is 4.07. The number of amides is 1. The number of rotatable bonds is 5. The lowest BCUT2D eigenvalue weighted by atomic mass is 9.86. The number of benzene rings is 2. The first-order valence-corrected chi connectivity index (χ1v) is 11.5. The average Bonchev–Trinajstić information content (AvgIpc) is 2.80. The zero-order chi connectivity index (χ0) is 23.6. The van der Waals surface area contributed by atoms with Crippen LogP contribution in [0.25, 0.3) is 11.0 Å². The Kier molecular flexibility index (Phi) is 6.88. The van der Waals surface area contributed by atoms with Crippen molar-refractivity contribution in [1.29, 1.82) is 0 Å². The summed E-state index contributed by atoms with van der Waals surface area (Å²) >= 11 is 5.97. The van der Waals surface area contributed by atoms with Crippen LogP contribution in [0.15, 0.2) is 57.7 Å². The molecule has 0 spiro atoms. The normalized spacial score (nSPS) is 16.0. The van der Waals surface area contributed by atoms with Gasteiger partial charge in [0.25, 0.3) is 5.91 Å². The number of carbonyl (C=O) groups is 1. The lowest BCUT2D eigenvalue weighted by Gasteiger charge is -2.35. The summed E-state index contributed by atoms with van der Waals surface area (Å²) in [4.78, 5) is 27.7. The van der Waals surface area contributed by atoms with Gasteiger partial charge in [-0.2, -0.15) is 0 Å². The van der Waals surface area contributed by atoms with Gasteiger partial charge >= 0.3 is 0 Å². The Morgan fingerprint density at radius 2 is 1.79 bits per heavy atom. The van der Waals surface area contributed by atoms with Crippen LogP contribution in [-0.4, -0.2) is 43.7 Å². The Hall–Kier alpha value is -2.67. The average molecular weight is 469 g/mol. The maximum absolute atomic E-state index is 12.9. The van der Waals surface area contributed by atoms with E-state index in [1.165, 1.54) is 11.6 Å². The molecule has 4 rings (SSSR count). The number of fused-ring (bicyclic) bond motifs is 1. The lowest BCUT2D eigenvalue weighted by Crippen LogP contribution is -2.43. The van der Waals surface area contributed by atoms with Gasteiger partial charge in [-0.1, -0.05) is 56.6 Å². The first-order chi connectivity index (χ1) is 15.7. The Labute approximate surface area is 198 Å². The van der Waals surface area contributed by atoms with E-state index in [1.807, 2.05) is 0 Å². The standard InChI is InChI=1S/C26H29ClN2O4/c1-26(2,3)18-6-4-17(5-7-18)21(29-10-12-32-13-11-29)16-28-25(31)24-15-22(30)20-14-19(27)8-9-23(20)33-24/h4-9,14-15,21H,10-13,16H2,1-3H3,(H,28,31). The van der Waals surface area contributed by atoms with E-state index in [9.17, 15) is 9.59 Å². The SMILES string of the molecule is CC(C)(C)c1ccc(C(CNC(=O)c2cc(=O)c3cc(Cl)ccc3o2)N2CCOCC2)cc1. The minimum atomic E-state index is -0.423. The van der Waals surface area contributed by atoms with Crippen molar-refractivity contribution < 1.29 is 13.9 Å². The molecule has 1 aliphatic heterocycles. The summed E-state index contributed by atoms with van der Waals surface area (Å²) in [5, 5.41) is 3.76. The number of nitrogens with zero attached hydrogens (tertiary/aromatic N) is 1. The molecule has 2 aromatic carbocycles. The van der Waals surface area contributed by atoms with E-state index in [0.29, 0.717) is 35.8 Å². The van der Waals surface area contributed by atoms with Crippen LogP contribution in [0.4, 0.5) is 0 Å². The van der Waals surface area contributed by atoms with Crippen LogP contribution in [0.1, 0.15) is 48.5 Å². The second-order valence-corrected chi connectivity index (χ2v) is 9.80. The summed E-state index contributed by atoms with van der Waals surface area (Å²) in [5.41, 5.74) is 2.49. The van der Waals surface area contributed by atoms with Gasteiger partial charge in [0, 0.05) is 30.7 Å². The van der Waals surface area contributed by atoms with Crippen molar-refractivity contribution in [3.63, 3.8) is 0 Å². The van der Waals surface area contributed by atoms with Crippen LogP contribution >= 0.6 is 11.6 Å². The predicted molar refractivity (Wildman–Crippen MR) is 130 cm³/mol. The van der Waals surface area contributed by atoms with Crippen molar-refractivity contribution in [1.82, 2.24) is 10.2 Å². The third kappa shape index (κ3) is 5.46. The van der Waals surface area contributed by atoms with Gasteiger partial charge in [0.15, 0.2) is 11.2 Å². The van der Waals surface area contributed by atoms with Gasteiger partial charge in [-0.05, 0) is 34.7 Å². The number of halogens is 1. The molecule has 1 saturated heterocycles. The lowest BCUT2D eigenvalue weighted by molar-refractivity contribution is 0.0161. The van der Waals surface area contributed by atoms with Gasteiger partial charge in [0.2, 0.25) is 0 Å². The van der Waals surface area contributed by atoms with E-state index in [4.69, 9.17) is 20.8 Å². The second kappa shape index (κ2) is 9.67. The molecular formula is C26H29ClN2O4. The molecular weight excluding hydrogens is 440 g/mol. The molecule has 33 heavy (non-hydrogen) atoms. The molecule has 1 unspecified atom stereocenters. The van der Waals surface area contributed by atoms with Crippen molar-refractivity contribution in [2.75, 3.05) is 32.8 Å². The van der Waals surface area contributed by atoms with E-state index >= 15 is 0 Å². The Balaban J connectivity index is 1.55. The van der Waals surface area contributed by atoms with E-state index in [2.05, 4.69) is 55.3 Å². The summed E-state index contributed by atoms with van der Waals surface area (Å²) in [7, 11) is 0. The highest BCUT2D eigenvalue weighted by Gasteiger charge is 2.25. The molecule has 1 fully saturated rings. The van der Waals surface area contributed by atoms with Crippen LogP contribution in [0, 0.1) is 0 Å². The summed E-state index contributed by atoms with van der Waals surface area (Å²) in [6, 6.07) is 14.5. The van der Waals surface area contributed by atoms with E-state index in [0.717, 1.165) is 18.7 Å². The molecule has 1 aliphatic rings. The number of ether oxygens (including phenoxy) is 1. The Morgan fingerprint density at radius 3 is 2.45 bits per heavy atom. The highest BCUT2D eigenvalue weighted by atomic mass is 35.5. The fourth-order valence-corrected chi connectivity index (χ4v) is 4.24. The zero-order valence-corrected chi connectivity index (χ0v) is 19.9. The number of hydrogen-bond donors (Lipinski definition) is 1. The first kappa shape index (κ1) is 23.5. The molecule has 0 aliphatic carbocycles. The third-order valence-corrected chi connectivity index (χ3v) is 6.25. The van der Waals surface area contributed by atoms with Crippen molar-refractivity contribution in [2.24, 2.45) is 0 Å². The molecule has 3 aromatic rings. The maximum atomic E-state index is 12.9.